The molecular formula is C7H7N. The summed E-state index contributed by atoms with van der Waals surface area (Å²) >= 11 is 0. The van der Waals surface area contributed by atoms with Crippen LogP contribution in [-0.4, -0.2) is 5.71 Å². The van der Waals surface area contributed by atoms with Gasteiger partial charge in [-0.3, -0.25) is 0 Å². The molecule has 40 valence electrons. The van der Waals surface area contributed by atoms with Gasteiger partial charge >= 0.3 is 0 Å². The molecule has 0 saturated heterocycles. The number of hydrogen-bond donors (Lipinski definition) is 0. The van der Waals surface area contributed by atoms with Gasteiger partial charge in [0.25, 0.3) is 0 Å². The maximum Gasteiger partial charge on any atom is 0.0492 e. The molecule has 1 heteroatoms. The minimum Gasteiger partial charge on any atom is -0.779 e. The van der Waals surface area contributed by atoms with E-state index >= 15 is 0 Å². The third-order valence-corrected chi connectivity index (χ3v) is 1.03. The third kappa shape index (κ3) is 0.997. The minimum atomic E-state index is 0.329. The number of nitrogens with zero attached hydrogens (tertiary/aromatic N) is 1. The Bertz CT molecular complexity index is 160. The van der Waals surface area contributed by atoms with E-state index in [-0.39, 0.29) is 0 Å². The van der Waals surface area contributed by atoms with E-state index in [4.69, 9.17) is 5.41 Å². The molecule has 0 saturated carbocycles. The smallest absolute Gasteiger partial charge is 0.0492 e. The molecule has 0 atom stereocenters. The Morgan fingerprint density at radius 3 is 2.62 bits per heavy atom. The first-order valence-electron chi connectivity index (χ1n) is 2.54. The maximum atomic E-state index is 8.76. The van der Waals surface area contributed by atoms with E-state index in [1.54, 1.807) is 12.5 Å². The fraction of sp³-hybridized carbons (Fsp3) is 0.143. The summed E-state index contributed by atoms with van der Waals surface area (Å²) in [4.78, 5) is 0. The van der Waals surface area contributed by atoms with Gasteiger partial charge in [-0.1, -0.05) is 0 Å². The van der Waals surface area contributed by atoms with Gasteiger partial charge in [0.15, 0.2) is 0 Å². The van der Waals surface area contributed by atoms with E-state index < -0.39 is 0 Å². The summed E-state index contributed by atoms with van der Waals surface area (Å²) in [6.07, 6.45) is 7.09. The minimum absolute atomic E-state index is 0.329. The second-order valence-electron chi connectivity index (χ2n) is 1.84. The van der Waals surface area contributed by atoms with Gasteiger partial charge in [0.2, 0.25) is 0 Å². The van der Waals surface area contributed by atoms with Gasteiger partial charge in [-0.25, -0.2) is 0 Å². The first kappa shape index (κ1) is 5.16. The van der Waals surface area contributed by atoms with Crippen molar-refractivity contribution in [1.82, 2.24) is 0 Å². The zero-order chi connectivity index (χ0) is 5.98. The van der Waals surface area contributed by atoms with Crippen LogP contribution >= 0.6 is 0 Å². The van der Waals surface area contributed by atoms with E-state index in [9.17, 15) is 0 Å². The lowest BCUT2D eigenvalue weighted by atomic mass is 10.1. The Hall–Kier alpha value is -0.980. The van der Waals surface area contributed by atoms with Crippen LogP contribution in [0.4, 0.5) is 0 Å². The predicted octanol–water partition coefficient (Wildman–Crippen LogP) is 1.72. The van der Waals surface area contributed by atoms with Crippen molar-refractivity contribution in [1.29, 1.82) is 0 Å². The van der Waals surface area contributed by atoms with Gasteiger partial charge in [-0.15, -0.1) is 0 Å². The number of hydrogen-bond acceptors (Lipinski definition) is 0. The molecule has 0 heterocycles. The Morgan fingerprint density at radius 2 is 2.25 bits per heavy atom. The van der Waals surface area contributed by atoms with Crippen molar-refractivity contribution in [3.63, 3.8) is 0 Å². The Kier molecular flexibility index (Phi) is 1.20. The molecule has 8 heavy (non-hydrogen) atoms. The highest BCUT2D eigenvalue weighted by molar-refractivity contribution is 6.06. The fourth-order valence-corrected chi connectivity index (χ4v) is 0.545. The predicted molar refractivity (Wildman–Crippen MR) is 35.6 cm³/mol. The summed E-state index contributed by atoms with van der Waals surface area (Å²) in [6, 6.07) is 0. The largest absolute Gasteiger partial charge is 0.779 e. The van der Waals surface area contributed by atoms with Crippen molar-refractivity contribution in [2.75, 3.05) is 0 Å². The van der Waals surface area contributed by atoms with Gasteiger partial charge < -0.3 is 5.41 Å². The summed E-state index contributed by atoms with van der Waals surface area (Å²) in [7, 11) is 0. The SMILES string of the molecule is CC1=C[CH+]C(=[N-])C=C1. The van der Waals surface area contributed by atoms with Crippen molar-refractivity contribution in [2.45, 2.75) is 6.92 Å². The van der Waals surface area contributed by atoms with Crippen LogP contribution in [0, 0.1) is 6.42 Å². The highest BCUT2D eigenvalue weighted by Crippen LogP contribution is 2.04. The number of allylic oxidation sites excluding steroid dienone is 4. The van der Waals surface area contributed by atoms with Crippen molar-refractivity contribution in [2.24, 2.45) is 0 Å². The quantitative estimate of drug-likeness (QED) is 0.418. The summed E-state index contributed by atoms with van der Waals surface area (Å²) in [6.45, 7) is 1.99. The van der Waals surface area contributed by atoms with E-state index in [1.165, 1.54) is 5.57 Å². The summed E-state index contributed by atoms with van der Waals surface area (Å²) in [5.41, 5.74) is 1.50. The van der Waals surface area contributed by atoms with E-state index in [1.807, 2.05) is 19.1 Å². The Balaban J connectivity index is 2.71. The maximum absolute atomic E-state index is 8.76. The first-order valence-corrected chi connectivity index (χ1v) is 2.54. The monoisotopic (exact) mass is 105 g/mol. The standard InChI is InChI=1S/C7H7N/c1-6-2-4-7(8)5-3-6/h2-5H,1H3. The molecule has 0 aromatic carbocycles. The summed E-state index contributed by atoms with van der Waals surface area (Å²) in [5.74, 6) is 0. The highest BCUT2D eigenvalue weighted by Gasteiger charge is 1.97. The fourth-order valence-electron chi connectivity index (χ4n) is 0.545. The third-order valence-electron chi connectivity index (χ3n) is 1.03. The summed E-state index contributed by atoms with van der Waals surface area (Å²) < 4.78 is 0. The Labute approximate surface area is 49.2 Å². The molecule has 1 nitrogen and oxygen atoms in total. The molecule has 1 aliphatic carbocycles. The Morgan fingerprint density at radius 1 is 1.50 bits per heavy atom. The van der Waals surface area contributed by atoms with Crippen LogP contribution < -0.4 is 0 Å². The van der Waals surface area contributed by atoms with Gasteiger partial charge in [-0.2, -0.15) is 0 Å². The molecule has 0 N–H and O–H groups in total. The van der Waals surface area contributed by atoms with Crippen LogP contribution in [-0.2, 0) is 0 Å². The lowest BCUT2D eigenvalue weighted by molar-refractivity contribution is 1.49. The van der Waals surface area contributed by atoms with Crippen LogP contribution in [0.2, 0.25) is 0 Å². The van der Waals surface area contributed by atoms with Crippen molar-refractivity contribution in [3.05, 3.63) is 35.6 Å². The molecule has 1 aliphatic rings. The molecule has 0 amide bonds. The van der Waals surface area contributed by atoms with Gasteiger partial charge in [0, 0.05) is 37.1 Å². The molecule has 0 aromatic rings. The number of rotatable bonds is 0. The molecule has 0 aliphatic heterocycles. The molecule has 0 radical (unpaired) electrons. The first-order chi connectivity index (χ1) is 3.79. The van der Waals surface area contributed by atoms with Gasteiger partial charge in [0.1, 0.15) is 0 Å². The van der Waals surface area contributed by atoms with Gasteiger partial charge in [-0.05, 0) is 5.71 Å². The highest BCUT2D eigenvalue weighted by atomic mass is 14.4. The van der Waals surface area contributed by atoms with Crippen molar-refractivity contribution < 1.29 is 0 Å². The molecule has 0 bridgehead atoms. The van der Waals surface area contributed by atoms with Crippen molar-refractivity contribution in [3.8, 4) is 0 Å². The molecular weight excluding hydrogens is 98.1 g/mol. The van der Waals surface area contributed by atoms with Crippen LogP contribution in [0.15, 0.2) is 23.8 Å². The van der Waals surface area contributed by atoms with E-state index in [0.717, 1.165) is 0 Å². The molecule has 0 unspecified atom stereocenters. The summed E-state index contributed by atoms with van der Waals surface area (Å²) in [5, 5.41) is 8.76. The van der Waals surface area contributed by atoms with Crippen molar-refractivity contribution >= 4 is 5.71 Å². The van der Waals surface area contributed by atoms with Crippen LogP contribution in [0.25, 0.3) is 5.41 Å². The lowest BCUT2D eigenvalue weighted by Gasteiger charge is -1.98. The normalized spacial score (nSPS) is 17.6. The average molecular weight is 105 g/mol. The molecule has 0 fully saturated rings. The zero-order valence-electron chi connectivity index (χ0n) is 4.76. The molecule has 0 spiro atoms. The molecule has 1 rings (SSSR count). The zero-order valence-corrected chi connectivity index (χ0v) is 4.76. The van der Waals surface area contributed by atoms with E-state index in [2.05, 4.69) is 0 Å². The van der Waals surface area contributed by atoms with Crippen LogP contribution in [0.5, 0.6) is 0 Å². The van der Waals surface area contributed by atoms with Crippen LogP contribution in [0.1, 0.15) is 6.92 Å². The second kappa shape index (κ2) is 1.86. The molecule has 0 aromatic heterocycles. The lowest BCUT2D eigenvalue weighted by Crippen LogP contribution is -1.93. The topological polar surface area (TPSA) is 22.3 Å². The van der Waals surface area contributed by atoms with Crippen LogP contribution in [0.3, 0.4) is 0 Å². The van der Waals surface area contributed by atoms with Gasteiger partial charge in [0.05, 0.1) is 0 Å². The average Bonchev–Trinajstić information content (AvgIpc) is 1.77. The second-order valence-corrected chi connectivity index (χ2v) is 1.84. The van der Waals surface area contributed by atoms with E-state index in [0.29, 0.717) is 5.71 Å².